The van der Waals surface area contributed by atoms with Crippen LogP contribution in [0.5, 0.6) is 0 Å². The van der Waals surface area contributed by atoms with E-state index in [0.29, 0.717) is 18.8 Å². The van der Waals surface area contributed by atoms with Crippen LogP contribution >= 0.6 is 0 Å². The lowest BCUT2D eigenvalue weighted by Crippen LogP contribution is -2.46. The third-order valence-corrected chi connectivity index (χ3v) is 6.46. The lowest BCUT2D eigenvalue weighted by atomic mass is 10.1. The van der Waals surface area contributed by atoms with Crippen LogP contribution in [0, 0.1) is 0 Å². The number of hydroxylamine groups is 1. The number of aromatic nitrogens is 1. The summed E-state index contributed by atoms with van der Waals surface area (Å²) in [5.74, 6) is 0.661. The van der Waals surface area contributed by atoms with Crippen molar-refractivity contribution in [3.63, 3.8) is 0 Å². The van der Waals surface area contributed by atoms with Crippen molar-refractivity contribution in [2.45, 2.75) is 25.7 Å². The van der Waals surface area contributed by atoms with Crippen molar-refractivity contribution in [1.29, 1.82) is 0 Å². The first-order valence-electron chi connectivity index (χ1n) is 11.6. The number of hydrogen-bond donors (Lipinski definition) is 0. The van der Waals surface area contributed by atoms with Gasteiger partial charge in [0.05, 0.1) is 6.61 Å². The minimum atomic E-state index is 0.000702. The summed E-state index contributed by atoms with van der Waals surface area (Å²) >= 11 is 0. The van der Waals surface area contributed by atoms with Crippen LogP contribution in [0.25, 0.3) is 10.8 Å². The number of amides is 1. The van der Waals surface area contributed by atoms with Gasteiger partial charge in [0.1, 0.15) is 0 Å². The maximum atomic E-state index is 12.2. The second-order valence-corrected chi connectivity index (χ2v) is 8.54. The fraction of sp³-hybridized carbons (Fsp3) is 0.385. The van der Waals surface area contributed by atoms with Gasteiger partial charge in [-0.1, -0.05) is 42.5 Å². The molecule has 1 saturated heterocycles. The molecule has 2 aliphatic rings. The Bertz CT molecular complexity index is 1070. The van der Waals surface area contributed by atoms with E-state index < -0.39 is 0 Å². The predicted molar refractivity (Wildman–Crippen MR) is 128 cm³/mol. The molecule has 0 unspecified atom stereocenters. The van der Waals surface area contributed by atoms with Gasteiger partial charge in [-0.15, -0.1) is 0 Å². The highest BCUT2D eigenvalue weighted by Gasteiger charge is 2.26. The first-order valence-corrected chi connectivity index (χ1v) is 11.6. The molecular weight excluding hydrogens is 400 g/mol. The number of anilines is 2. The fourth-order valence-electron chi connectivity index (χ4n) is 4.69. The maximum absolute atomic E-state index is 12.2. The number of benzene rings is 2. The van der Waals surface area contributed by atoms with Crippen molar-refractivity contribution < 1.29 is 9.63 Å². The Morgan fingerprint density at radius 1 is 0.875 bits per heavy atom. The van der Waals surface area contributed by atoms with Crippen molar-refractivity contribution in [2.24, 2.45) is 0 Å². The molecule has 0 bridgehead atoms. The van der Waals surface area contributed by atoms with E-state index in [0.717, 1.165) is 57.5 Å². The Morgan fingerprint density at radius 2 is 1.72 bits per heavy atom. The minimum Gasteiger partial charge on any atom is -0.368 e. The van der Waals surface area contributed by atoms with Crippen LogP contribution in [-0.4, -0.2) is 55.1 Å². The first kappa shape index (κ1) is 20.9. The molecule has 6 nitrogen and oxygen atoms in total. The molecule has 2 aliphatic heterocycles. The van der Waals surface area contributed by atoms with Crippen molar-refractivity contribution in [2.75, 3.05) is 49.3 Å². The molecule has 0 N–H and O–H groups in total. The Morgan fingerprint density at radius 3 is 2.62 bits per heavy atom. The van der Waals surface area contributed by atoms with Gasteiger partial charge < -0.3 is 4.90 Å². The van der Waals surface area contributed by atoms with Gasteiger partial charge in [0.2, 0.25) is 0 Å². The molecular formula is C26H30N4O2. The van der Waals surface area contributed by atoms with Crippen LogP contribution in [0.3, 0.4) is 0 Å². The molecule has 1 aromatic heterocycles. The molecule has 2 aromatic carbocycles. The lowest BCUT2D eigenvalue weighted by molar-refractivity contribution is -0.126. The van der Waals surface area contributed by atoms with Gasteiger partial charge in [-0.3, -0.25) is 14.5 Å². The molecule has 6 heteroatoms. The summed E-state index contributed by atoms with van der Waals surface area (Å²) in [7, 11) is 0. The summed E-state index contributed by atoms with van der Waals surface area (Å²) in [4.78, 5) is 27.4. The second kappa shape index (κ2) is 9.67. The number of hydrogen-bond acceptors (Lipinski definition) is 5. The van der Waals surface area contributed by atoms with E-state index in [9.17, 15) is 4.79 Å². The lowest BCUT2D eigenvalue weighted by Gasteiger charge is -2.36. The quantitative estimate of drug-likeness (QED) is 0.530. The highest BCUT2D eigenvalue weighted by atomic mass is 16.7. The Kier molecular flexibility index (Phi) is 6.32. The average Bonchev–Trinajstić information content (AvgIpc) is 2.85. The Hall–Kier alpha value is -2.96. The number of nitrogens with zero attached hydrogens (tertiary/aromatic N) is 4. The number of fused-ring (bicyclic) bond motifs is 2. The van der Waals surface area contributed by atoms with Crippen LogP contribution in [-0.2, 0) is 16.1 Å². The van der Waals surface area contributed by atoms with E-state index >= 15 is 0 Å². The van der Waals surface area contributed by atoms with Crippen LogP contribution < -0.4 is 9.96 Å². The molecule has 1 amide bonds. The molecule has 0 aliphatic carbocycles. The van der Waals surface area contributed by atoms with E-state index in [1.165, 1.54) is 21.5 Å². The molecule has 1 fully saturated rings. The third kappa shape index (κ3) is 4.47. The second-order valence-electron chi connectivity index (χ2n) is 8.54. The SMILES string of the molecule is O=C1CCc2cccnc2N1OCCCCN1CCN(c2cccc3ccccc23)CC1. The maximum Gasteiger partial charge on any atom is 0.252 e. The van der Waals surface area contributed by atoms with Crippen LogP contribution in [0.2, 0.25) is 0 Å². The summed E-state index contributed by atoms with van der Waals surface area (Å²) < 4.78 is 0. The monoisotopic (exact) mass is 430 g/mol. The smallest absolute Gasteiger partial charge is 0.252 e. The number of rotatable bonds is 7. The van der Waals surface area contributed by atoms with E-state index in [1.54, 1.807) is 6.20 Å². The number of pyridine rings is 1. The number of piperazine rings is 1. The predicted octanol–water partition coefficient (Wildman–Crippen LogP) is 4.05. The zero-order valence-electron chi connectivity index (χ0n) is 18.4. The number of carbonyl (C=O) groups is 1. The van der Waals surface area contributed by atoms with E-state index in [1.807, 2.05) is 12.1 Å². The van der Waals surface area contributed by atoms with Gasteiger partial charge in [0.25, 0.3) is 5.91 Å². The summed E-state index contributed by atoms with van der Waals surface area (Å²) in [6, 6.07) is 19.1. The number of carbonyl (C=O) groups excluding carboxylic acids is 1. The van der Waals surface area contributed by atoms with Crippen molar-refractivity contribution >= 4 is 28.2 Å². The molecule has 3 heterocycles. The van der Waals surface area contributed by atoms with Crippen molar-refractivity contribution in [1.82, 2.24) is 9.88 Å². The van der Waals surface area contributed by atoms with Crippen molar-refractivity contribution in [3.8, 4) is 0 Å². The summed E-state index contributed by atoms with van der Waals surface area (Å²) in [6.45, 7) is 5.86. The summed E-state index contributed by atoms with van der Waals surface area (Å²) in [6.07, 6.45) is 4.93. The van der Waals surface area contributed by atoms with Gasteiger partial charge in [-0.2, -0.15) is 5.06 Å². The largest absolute Gasteiger partial charge is 0.368 e. The molecule has 0 saturated carbocycles. The highest BCUT2D eigenvalue weighted by molar-refractivity contribution is 5.94. The van der Waals surface area contributed by atoms with E-state index in [-0.39, 0.29) is 5.91 Å². The molecule has 5 rings (SSSR count). The Labute approximate surface area is 189 Å². The van der Waals surface area contributed by atoms with Gasteiger partial charge >= 0.3 is 0 Å². The molecule has 3 aromatic rings. The number of unbranched alkanes of at least 4 members (excludes halogenated alkanes) is 1. The summed E-state index contributed by atoms with van der Waals surface area (Å²) in [5.41, 5.74) is 2.42. The standard InChI is InChI=1S/C26H30N4O2/c31-25-13-12-22-9-6-14-27-26(22)30(25)32-20-4-3-15-28-16-18-29(19-17-28)24-11-5-8-21-7-1-2-10-23(21)24/h1-2,5-11,14H,3-4,12-13,15-20H2. The van der Waals surface area contributed by atoms with Crippen LogP contribution in [0.1, 0.15) is 24.8 Å². The van der Waals surface area contributed by atoms with Gasteiger partial charge in [-0.25, -0.2) is 4.98 Å². The molecule has 0 spiro atoms. The van der Waals surface area contributed by atoms with Gasteiger partial charge in [0, 0.05) is 49.9 Å². The van der Waals surface area contributed by atoms with Crippen LogP contribution in [0.4, 0.5) is 11.5 Å². The third-order valence-electron chi connectivity index (χ3n) is 6.46. The van der Waals surface area contributed by atoms with E-state index in [2.05, 4.69) is 57.2 Å². The van der Waals surface area contributed by atoms with E-state index in [4.69, 9.17) is 4.84 Å². The minimum absolute atomic E-state index is 0.000702. The molecule has 32 heavy (non-hydrogen) atoms. The Balaban J connectivity index is 1.06. The topological polar surface area (TPSA) is 48.9 Å². The molecule has 0 radical (unpaired) electrons. The van der Waals surface area contributed by atoms with Gasteiger partial charge in [-0.05, 0) is 48.9 Å². The molecule has 0 atom stereocenters. The van der Waals surface area contributed by atoms with Gasteiger partial charge in [0.15, 0.2) is 5.82 Å². The van der Waals surface area contributed by atoms with Crippen LogP contribution in [0.15, 0.2) is 60.8 Å². The average molecular weight is 431 g/mol. The summed E-state index contributed by atoms with van der Waals surface area (Å²) in [5, 5.41) is 4.04. The zero-order valence-corrected chi connectivity index (χ0v) is 18.4. The number of aryl methyl sites for hydroxylation is 1. The first-order chi connectivity index (χ1) is 15.8. The van der Waals surface area contributed by atoms with Crippen molar-refractivity contribution in [3.05, 3.63) is 66.4 Å². The zero-order chi connectivity index (χ0) is 21.8. The molecule has 166 valence electrons. The normalized spacial score (nSPS) is 17.1. The highest BCUT2D eigenvalue weighted by Crippen LogP contribution is 2.28. The fourth-order valence-corrected chi connectivity index (χ4v) is 4.69.